The largest absolute Gasteiger partial charge is 0.492 e. The molecule has 8 nitrogen and oxygen atoms in total. The molecule has 0 radical (unpaired) electrons. The molecule has 0 aliphatic carbocycles. The molecule has 33 heavy (non-hydrogen) atoms. The number of benzene rings is 1. The highest BCUT2D eigenvalue weighted by molar-refractivity contribution is 7.92. The number of amides is 1. The predicted molar refractivity (Wildman–Crippen MR) is 129 cm³/mol. The van der Waals surface area contributed by atoms with E-state index in [4.69, 9.17) is 4.74 Å². The van der Waals surface area contributed by atoms with Gasteiger partial charge in [0.05, 0.1) is 23.7 Å². The molecule has 2 aromatic heterocycles. The number of nitrogens with zero attached hydrogens (tertiary/aromatic N) is 3. The average Bonchev–Trinajstić information content (AvgIpc) is 3.38. The Morgan fingerprint density at radius 1 is 1.21 bits per heavy atom. The fraction of sp³-hybridized carbons (Fsp3) is 0.391. The lowest BCUT2D eigenvalue weighted by Crippen LogP contribution is -2.35. The van der Waals surface area contributed by atoms with Crippen LogP contribution in [0.2, 0.25) is 0 Å². The molecule has 0 saturated carbocycles. The summed E-state index contributed by atoms with van der Waals surface area (Å²) in [6.45, 7) is 5.63. The molecular formula is C23H28N4O4S2. The van der Waals surface area contributed by atoms with Crippen LogP contribution in [0.1, 0.15) is 41.6 Å². The molecule has 0 spiro atoms. The van der Waals surface area contributed by atoms with Crippen molar-refractivity contribution in [2.24, 2.45) is 7.05 Å². The Morgan fingerprint density at radius 2 is 1.94 bits per heavy atom. The minimum atomic E-state index is -3.85. The molecular weight excluding hydrogens is 460 g/mol. The number of rotatable bonds is 7. The summed E-state index contributed by atoms with van der Waals surface area (Å²) in [5.41, 5.74) is 1.68. The highest BCUT2D eigenvalue weighted by Crippen LogP contribution is 2.33. The third-order valence-electron chi connectivity index (χ3n) is 5.57. The monoisotopic (exact) mass is 488 g/mol. The summed E-state index contributed by atoms with van der Waals surface area (Å²) in [7, 11) is -2.08. The van der Waals surface area contributed by atoms with Gasteiger partial charge in [-0.3, -0.25) is 9.52 Å². The van der Waals surface area contributed by atoms with Gasteiger partial charge in [0.2, 0.25) is 0 Å². The third-order valence-corrected chi connectivity index (χ3v) is 8.08. The normalized spacial score (nSPS) is 14.3. The molecule has 0 atom stereocenters. The summed E-state index contributed by atoms with van der Waals surface area (Å²) in [5, 5.41) is 0.617. The van der Waals surface area contributed by atoms with E-state index in [-0.39, 0.29) is 10.8 Å². The van der Waals surface area contributed by atoms with Crippen LogP contribution < -0.4 is 9.46 Å². The second-order valence-corrected chi connectivity index (χ2v) is 10.7. The molecule has 1 amide bonds. The summed E-state index contributed by atoms with van der Waals surface area (Å²) in [4.78, 5) is 20.2. The van der Waals surface area contributed by atoms with Crippen molar-refractivity contribution in [3.05, 3.63) is 47.1 Å². The first-order valence-electron chi connectivity index (χ1n) is 11.0. The number of sulfonamides is 1. The maximum Gasteiger partial charge on any atom is 0.265 e. The van der Waals surface area contributed by atoms with E-state index in [0.717, 1.165) is 32.4 Å². The molecule has 176 valence electrons. The Kier molecular flexibility index (Phi) is 6.76. The van der Waals surface area contributed by atoms with Crippen LogP contribution in [0.4, 0.5) is 5.69 Å². The van der Waals surface area contributed by atoms with Gasteiger partial charge in [0.1, 0.15) is 20.5 Å². The van der Waals surface area contributed by atoms with Crippen LogP contribution in [0.5, 0.6) is 5.75 Å². The van der Waals surface area contributed by atoms with Crippen molar-refractivity contribution in [2.75, 3.05) is 24.4 Å². The second kappa shape index (κ2) is 9.56. The molecule has 1 aromatic carbocycles. The molecule has 3 heterocycles. The SMILES string of the molecule is CCOc1ccccc1NS(=O)(=O)c1cc(-c2nc(C)c(C(=O)N3CCCCC3)s2)n(C)c1. The smallest absolute Gasteiger partial charge is 0.265 e. The fourth-order valence-electron chi connectivity index (χ4n) is 3.87. The van der Waals surface area contributed by atoms with Gasteiger partial charge in [0.25, 0.3) is 15.9 Å². The van der Waals surface area contributed by atoms with Crippen molar-refractivity contribution in [2.45, 2.75) is 38.0 Å². The van der Waals surface area contributed by atoms with Crippen LogP contribution in [0.3, 0.4) is 0 Å². The average molecular weight is 489 g/mol. The molecule has 0 bridgehead atoms. The standard InChI is InChI=1S/C23H28N4O4S2/c1-4-31-20-11-7-6-10-18(20)25-33(29,30)17-14-19(26(3)15-17)22-24-16(2)21(32-22)23(28)27-12-8-5-9-13-27/h6-7,10-11,14-15,25H,4-5,8-9,12-13H2,1-3H3. The van der Waals surface area contributed by atoms with E-state index in [9.17, 15) is 13.2 Å². The first-order valence-corrected chi connectivity index (χ1v) is 13.3. The lowest BCUT2D eigenvalue weighted by atomic mass is 10.1. The summed E-state index contributed by atoms with van der Waals surface area (Å²) >= 11 is 1.31. The number of likely N-dealkylation sites (tertiary alicyclic amines) is 1. The molecule has 1 fully saturated rings. The van der Waals surface area contributed by atoms with Crippen LogP contribution in [0.25, 0.3) is 10.7 Å². The minimum Gasteiger partial charge on any atom is -0.492 e. The van der Waals surface area contributed by atoms with Crippen molar-refractivity contribution >= 4 is 33.0 Å². The molecule has 1 N–H and O–H groups in total. The highest BCUT2D eigenvalue weighted by Gasteiger charge is 2.25. The predicted octanol–water partition coefficient (Wildman–Crippen LogP) is 4.28. The van der Waals surface area contributed by atoms with E-state index < -0.39 is 10.0 Å². The van der Waals surface area contributed by atoms with Gasteiger partial charge in [0.15, 0.2) is 0 Å². The summed E-state index contributed by atoms with van der Waals surface area (Å²) in [5.74, 6) is 0.475. The Morgan fingerprint density at radius 3 is 2.67 bits per heavy atom. The van der Waals surface area contributed by atoms with E-state index >= 15 is 0 Å². The molecule has 1 saturated heterocycles. The Labute approximate surface area is 198 Å². The minimum absolute atomic E-state index is 0.00667. The van der Waals surface area contributed by atoms with E-state index in [1.165, 1.54) is 11.3 Å². The van der Waals surface area contributed by atoms with E-state index in [2.05, 4.69) is 9.71 Å². The van der Waals surface area contributed by atoms with Crippen LogP contribution in [-0.2, 0) is 17.1 Å². The zero-order valence-corrected chi connectivity index (χ0v) is 20.6. The number of aryl methyl sites for hydroxylation is 2. The molecule has 4 rings (SSSR count). The number of aromatic nitrogens is 2. The van der Waals surface area contributed by atoms with Crippen molar-refractivity contribution in [3.63, 3.8) is 0 Å². The zero-order valence-electron chi connectivity index (χ0n) is 19.0. The van der Waals surface area contributed by atoms with Gasteiger partial charge in [0, 0.05) is 26.3 Å². The molecule has 10 heteroatoms. The van der Waals surface area contributed by atoms with E-state index in [1.54, 1.807) is 48.1 Å². The Hall–Kier alpha value is -2.85. The van der Waals surface area contributed by atoms with Gasteiger partial charge in [-0.15, -0.1) is 11.3 Å². The van der Waals surface area contributed by atoms with Gasteiger partial charge in [-0.2, -0.15) is 0 Å². The van der Waals surface area contributed by atoms with Crippen molar-refractivity contribution in [3.8, 4) is 16.5 Å². The van der Waals surface area contributed by atoms with Gasteiger partial charge < -0.3 is 14.2 Å². The molecule has 0 unspecified atom stereocenters. The van der Waals surface area contributed by atoms with Gasteiger partial charge in [-0.05, 0) is 51.3 Å². The first-order chi connectivity index (χ1) is 15.8. The highest BCUT2D eigenvalue weighted by atomic mass is 32.2. The van der Waals surface area contributed by atoms with E-state index in [1.807, 2.05) is 18.7 Å². The number of anilines is 1. The van der Waals surface area contributed by atoms with Crippen LogP contribution >= 0.6 is 11.3 Å². The lowest BCUT2D eigenvalue weighted by molar-refractivity contribution is 0.0728. The maximum absolute atomic E-state index is 13.1. The summed E-state index contributed by atoms with van der Waals surface area (Å²) < 4.78 is 36.0. The fourth-order valence-corrected chi connectivity index (χ4v) is 6.11. The number of carbonyl (C=O) groups excluding carboxylic acids is 1. The molecule has 1 aliphatic rings. The number of carbonyl (C=O) groups is 1. The Bertz CT molecular complexity index is 1260. The maximum atomic E-state index is 13.1. The number of hydrogen-bond donors (Lipinski definition) is 1. The van der Waals surface area contributed by atoms with Crippen LogP contribution in [-0.4, -0.2) is 48.5 Å². The van der Waals surface area contributed by atoms with Crippen LogP contribution in [0.15, 0.2) is 41.4 Å². The van der Waals surface area contributed by atoms with Crippen molar-refractivity contribution in [1.82, 2.24) is 14.5 Å². The van der Waals surface area contributed by atoms with Gasteiger partial charge in [-0.1, -0.05) is 12.1 Å². The number of para-hydroxylation sites is 2. The molecule has 3 aromatic rings. The number of piperidine rings is 1. The molecule has 1 aliphatic heterocycles. The lowest BCUT2D eigenvalue weighted by Gasteiger charge is -2.26. The second-order valence-electron chi connectivity index (χ2n) is 7.99. The van der Waals surface area contributed by atoms with Crippen molar-refractivity contribution < 1.29 is 17.9 Å². The number of hydrogen-bond acceptors (Lipinski definition) is 6. The van der Waals surface area contributed by atoms with Gasteiger partial charge in [-0.25, -0.2) is 13.4 Å². The third kappa shape index (κ3) is 4.91. The first kappa shape index (κ1) is 23.3. The number of ether oxygens (including phenoxy) is 1. The number of nitrogens with one attached hydrogen (secondary N) is 1. The summed E-state index contributed by atoms with van der Waals surface area (Å²) in [6, 6.07) is 8.50. The summed E-state index contributed by atoms with van der Waals surface area (Å²) in [6.07, 6.45) is 4.74. The topological polar surface area (TPSA) is 93.5 Å². The van der Waals surface area contributed by atoms with Gasteiger partial charge >= 0.3 is 0 Å². The van der Waals surface area contributed by atoms with E-state index in [0.29, 0.717) is 39.3 Å². The number of thiazole rings is 1. The van der Waals surface area contributed by atoms with Crippen molar-refractivity contribution in [1.29, 1.82) is 0 Å². The van der Waals surface area contributed by atoms with Crippen LogP contribution in [0, 0.1) is 6.92 Å². The Balaban J connectivity index is 1.61. The zero-order chi connectivity index (χ0) is 23.6. The quantitative estimate of drug-likeness (QED) is 0.536.